The zero-order valence-corrected chi connectivity index (χ0v) is 12.9. The minimum atomic E-state index is -0.753. The number of hydrogen-bond donors (Lipinski definition) is 1. The molecule has 2 saturated carbocycles. The van der Waals surface area contributed by atoms with Gasteiger partial charge in [0.2, 0.25) is 0 Å². The van der Waals surface area contributed by atoms with Crippen LogP contribution in [-0.2, 0) is 4.79 Å². The summed E-state index contributed by atoms with van der Waals surface area (Å²) in [6, 6.07) is 0.0744. The zero-order valence-electron chi connectivity index (χ0n) is 12.9. The number of hydrogen-bond acceptors (Lipinski definition) is 2. The van der Waals surface area contributed by atoms with Crippen molar-refractivity contribution in [2.24, 2.45) is 17.3 Å². The first kappa shape index (κ1) is 14.7. The van der Waals surface area contributed by atoms with Crippen LogP contribution in [0.1, 0.15) is 45.4 Å². The highest BCUT2D eigenvalue weighted by Gasteiger charge is 2.46. The third kappa shape index (κ3) is 3.16. The Morgan fingerprint density at radius 3 is 2.14 bits per heavy atom. The second-order valence-electron chi connectivity index (χ2n) is 7.18. The molecular weight excluding hydrogens is 268 g/mol. The van der Waals surface area contributed by atoms with E-state index in [1.807, 2.05) is 11.8 Å². The monoisotopic (exact) mass is 294 g/mol. The van der Waals surface area contributed by atoms with Crippen molar-refractivity contribution in [3.8, 4) is 0 Å². The molecule has 3 fully saturated rings. The maximum absolute atomic E-state index is 12.8. The molecule has 0 spiro atoms. The number of carboxylic acid groups (broad SMARTS) is 1. The zero-order chi connectivity index (χ0) is 15.0. The van der Waals surface area contributed by atoms with E-state index in [-0.39, 0.29) is 6.03 Å². The molecule has 0 aromatic rings. The van der Waals surface area contributed by atoms with Gasteiger partial charge in [0.1, 0.15) is 0 Å². The van der Waals surface area contributed by atoms with Crippen LogP contribution in [-0.4, -0.2) is 53.1 Å². The average Bonchev–Trinajstić information content (AvgIpc) is 3.38. The molecule has 1 saturated heterocycles. The molecule has 1 heterocycles. The maximum Gasteiger partial charge on any atom is 0.320 e. The van der Waals surface area contributed by atoms with Crippen molar-refractivity contribution in [2.45, 2.75) is 45.4 Å². The lowest BCUT2D eigenvalue weighted by atomic mass is 9.84. The van der Waals surface area contributed by atoms with Crippen LogP contribution >= 0.6 is 0 Å². The highest BCUT2D eigenvalue weighted by Crippen LogP contribution is 2.37. The van der Waals surface area contributed by atoms with E-state index in [0.29, 0.717) is 37.8 Å². The first-order chi connectivity index (χ1) is 10.0. The van der Waals surface area contributed by atoms with Crippen molar-refractivity contribution in [3.05, 3.63) is 0 Å². The van der Waals surface area contributed by atoms with Crippen molar-refractivity contribution < 1.29 is 14.7 Å². The number of carboxylic acids is 1. The molecule has 2 amide bonds. The lowest BCUT2D eigenvalue weighted by molar-refractivity contribution is -0.148. The summed E-state index contributed by atoms with van der Waals surface area (Å²) in [4.78, 5) is 28.1. The van der Waals surface area contributed by atoms with Gasteiger partial charge in [0.25, 0.3) is 0 Å². The molecule has 0 bridgehead atoms. The number of carbonyl (C=O) groups is 2. The molecule has 0 aromatic heterocycles. The van der Waals surface area contributed by atoms with E-state index in [9.17, 15) is 14.7 Å². The predicted octanol–water partition coefficient (Wildman–Crippen LogP) is 2.42. The molecule has 21 heavy (non-hydrogen) atoms. The van der Waals surface area contributed by atoms with Gasteiger partial charge in [-0.05, 0) is 50.4 Å². The molecule has 118 valence electrons. The molecule has 2 aliphatic carbocycles. The third-order valence-corrected chi connectivity index (χ3v) is 5.38. The Labute approximate surface area is 126 Å². The van der Waals surface area contributed by atoms with Gasteiger partial charge in [-0.15, -0.1) is 0 Å². The standard InChI is InChI=1S/C16H26N2O3/c1-2-16(14(19)20)7-8-17(11-16)15(21)18(9-12-3-4-12)10-13-5-6-13/h12-13H,2-11H2,1H3,(H,19,20). The fourth-order valence-electron chi connectivity index (χ4n) is 3.30. The molecule has 1 unspecified atom stereocenters. The molecule has 5 nitrogen and oxygen atoms in total. The van der Waals surface area contributed by atoms with Gasteiger partial charge in [-0.3, -0.25) is 4.79 Å². The van der Waals surface area contributed by atoms with Gasteiger partial charge in [-0.1, -0.05) is 6.92 Å². The topological polar surface area (TPSA) is 60.9 Å². The Morgan fingerprint density at radius 2 is 1.76 bits per heavy atom. The van der Waals surface area contributed by atoms with Crippen molar-refractivity contribution in [2.75, 3.05) is 26.2 Å². The summed E-state index contributed by atoms with van der Waals surface area (Å²) in [5.41, 5.74) is -0.722. The van der Waals surface area contributed by atoms with Gasteiger partial charge in [0.15, 0.2) is 0 Å². The summed E-state index contributed by atoms with van der Waals surface area (Å²) in [5.74, 6) is 0.618. The lowest BCUT2D eigenvalue weighted by Gasteiger charge is -2.29. The van der Waals surface area contributed by atoms with Crippen molar-refractivity contribution in [3.63, 3.8) is 0 Å². The number of rotatable bonds is 6. The summed E-state index contributed by atoms with van der Waals surface area (Å²) in [6.45, 7) is 4.62. The van der Waals surface area contributed by atoms with Gasteiger partial charge < -0.3 is 14.9 Å². The van der Waals surface area contributed by atoms with E-state index in [2.05, 4.69) is 0 Å². The van der Waals surface area contributed by atoms with Gasteiger partial charge in [-0.25, -0.2) is 4.79 Å². The SMILES string of the molecule is CCC1(C(=O)O)CCN(C(=O)N(CC2CC2)CC2CC2)C1. The van der Waals surface area contributed by atoms with Crippen LogP contribution in [0.5, 0.6) is 0 Å². The Morgan fingerprint density at radius 1 is 1.19 bits per heavy atom. The van der Waals surface area contributed by atoms with Crippen LogP contribution in [0.4, 0.5) is 4.79 Å². The minimum absolute atomic E-state index is 0.0744. The molecule has 5 heteroatoms. The van der Waals surface area contributed by atoms with E-state index in [4.69, 9.17) is 0 Å². The lowest BCUT2D eigenvalue weighted by Crippen LogP contribution is -2.45. The fourth-order valence-corrected chi connectivity index (χ4v) is 3.30. The smallest absolute Gasteiger partial charge is 0.320 e. The molecule has 1 atom stereocenters. The van der Waals surface area contributed by atoms with Crippen molar-refractivity contribution in [1.82, 2.24) is 9.80 Å². The van der Waals surface area contributed by atoms with E-state index in [0.717, 1.165) is 13.1 Å². The molecule has 1 N–H and O–H groups in total. The van der Waals surface area contributed by atoms with Gasteiger partial charge in [-0.2, -0.15) is 0 Å². The number of nitrogens with zero attached hydrogens (tertiary/aromatic N) is 2. The number of urea groups is 1. The van der Waals surface area contributed by atoms with Crippen LogP contribution in [0.3, 0.4) is 0 Å². The van der Waals surface area contributed by atoms with Gasteiger partial charge in [0, 0.05) is 26.2 Å². The largest absolute Gasteiger partial charge is 0.481 e. The van der Waals surface area contributed by atoms with Crippen molar-refractivity contribution >= 4 is 12.0 Å². The van der Waals surface area contributed by atoms with Crippen LogP contribution in [0.2, 0.25) is 0 Å². The van der Waals surface area contributed by atoms with Crippen LogP contribution < -0.4 is 0 Å². The van der Waals surface area contributed by atoms with E-state index in [1.54, 1.807) is 4.90 Å². The molecule has 0 aromatic carbocycles. The Bertz CT molecular complexity index is 417. The normalized spacial score (nSPS) is 28.7. The fraction of sp³-hybridized carbons (Fsp3) is 0.875. The maximum atomic E-state index is 12.8. The summed E-state index contributed by atoms with van der Waals surface area (Å²) >= 11 is 0. The molecule has 3 rings (SSSR count). The average molecular weight is 294 g/mol. The Hall–Kier alpha value is -1.26. The third-order valence-electron chi connectivity index (χ3n) is 5.38. The molecule has 1 aliphatic heterocycles. The van der Waals surface area contributed by atoms with E-state index >= 15 is 0 Å². The first-order valence-corrected chi connectivity index (χ1v) is 8.31. The van der Waals surface area contributed by atoms with Gasteiger partial charge in [0.05, 0.1) is 5.41 Å². The van der Waals surface area contributed by atoms with Crippen molar-refractivity contribution in [1.29, 1.82) is 0 Å². The predicted molar refractivity (Wildman–Crippen MR) is 79.0 cm³/mol. The van der Waals surface area contributed by atoms with Crippen LogP contribution in [0.25, 0.3) is 0 Å². The highest BCUT2D eigenvalue weighted by molar-refractivity contribution is 5.79. The highest BCUT2D eigenvalue weighted by atomic mass is 16.4. The summed E-state index contributed by atoms with van der Waals surface area (Å²) < 4.78 is 0. The van der Waals surface area contributed by atoms with E-state index < -0.39 is 11.4 Å². The minimum Gasteiger partial charge on any atom is -0.481 e. The first-order valence-electron chi connectivity index (χ1n) is 8.31. The van der Waals surface area contributed by atoms with Gasteiger partial charge >= 0.3 is 12.0 Å². The Kier molecular flexibility index (Phi) is 3.84. The molecule has 3 aliphatic rings. The second kappa shape index (κ2) is 5.50. The number of carbonyl (C=O) groups excluding carboxylic acids is 1. The molecule has 0 radical (unpaired) electrons. The Balaban J connectivity index is 1.63. The quantitative estimate of drug-likeness (QED) is 0.818. The second-order valence-corrected chi connectivity index (χ2v) is 7.18. The van der Waals surface area contributed by atoms with Crippen LogP contribution in [0.15, 0.2) is 0 Å². The number of aliphatic carboxylic acids is 1. The van der Waals surface area contributed by atoms with E-state index in [1.165, 1.54) is 25.7 Å². The summed E-state index contributed by atoms with van der Waals surface area (Å²) in [6.07, 6.45) is 6.14. The van der Waals surface area contributed by atoms with Crippen LogP contribution in [0, 0.1) is 17.3 Å². The number of likely N-dealkylation sites (tertiary alicyclic amines) is 1. The summed E-state index contributed by atoms with van der Waals surface area (Å²) in [7, 11) is 0. The number of amides is 2. The molecular formula is C16H26N2O3. The summed E-state index contributed by atoms with van der Waals surface area (Å²) in [5, 5.41) is 9.46.